The number of piperidine rings is 1. The number of aliphatic hydroxyl groups excluding tert-OH is 1. The Morgan fingerprint density at radius 1 is 1.00 bits per heavy atom. The van der Waals surface area contributed by atoms with Gasteiger partial charge in [-0.2, -0.15) is 0 Å². The Balaban J connectivity index is 1.22. The molecule has 3 heterocycles. The van der Waals surface area contributed by atoms with Crippen LogP contribution in [0.4, 0.5) is 5.82 Å². The van der Waals surface area contributed by atoms with Gasteiger partial charge in [0, 0.05) is 36.9 Å². The van der Waals surface area contributed by atoms with Crippen LogP contribution in [0.25, 0.3) is 22.4 Å². The van der Waals surface area contributed by atoms with Crippen LogP contribution in [0.2, 0.25) is 0 Å². The van der Waals surface area contributed by atoms with E-state index in [1.807, 2.05) is 42.5 Å². The lowest BCUT2D eigenvalue weighted by atomic mass is 9.79. The number of ether oxygens (including phenoxy) is 1. The number of aromatic nitrogens is 3. The number of nitrogen functional groups attached to an aromatic ring is 1. The minimum atomic E-state index is -0.116. The summed E-state index contributed by atoms with van der Waals surface area (Å²) in [7, 11) is 0. The van der Waals surface area contributed by atoms with Gasteiger partial charge in [0.15, 0.2) is 5.82 Å². The van der Waals surface area contributed by atoms with Crippen molar-refractivity contribution < 1.29 is 9.84 Å². The van der Waals surface area contributed by atoms with Crippen molar-refractivity contribution in [1.82, 2.24) is 19.4 Å². The van der Waals surface area contributed by atoms with Crippen LogP contribution >= 0.6 is 0 Å². The topological polar surface area (TPSA) is 89.4 Å². The van der Waals surface area contributed by atoms with E-state index in [1.54, 1.807) is 0 Å². The standard InChI is InChI=1S/C31H37N5O2/c1-2-24-18-28-29(32)33-30(23-9-6-10-27(17-23)38-20-21-7-4-3-5-8-21)34-31(28)36(24)25-15-22(16-25)19-35-13-11-26(37)12-14-35/h3-10,17-18,22,25-26,37H,2,11-16,19-20H2,1H3,(H2,32,33,34). The molecule has 4 aromatic rings. The third-order valence-electron chi connectivity index (χ3n) is 8.16. The highest BCUT2D eigenvalue weighted by atomic mass is 16.5. The van der Waals surface area contributed by atoms with E-state index in [-0.39, 0.29) is 6.10 Å². The summed E-state index contributed by atoms with van der Waals surface area (Å²) in [4.78, 5) is 12.3. The Kier molecular flexibility index (Phi) is 7.04. The van der Waals surface area contributed by atoms with Crippen LogP contribution in [0.5, 0.6) is 5.75 Å². The molecule has 1 aliphatic carbocycles. The van der Waals surface area contributed by atoms with Gasteiger partial charge in [-0.05, 0) is 61.8 Å². The van der Waals surface area contributed by atoms with Crippen LogP contribution in [0, 0.1) is 5.92 Å². The lowest BCUT2D eigenvalue weighted by Gasteiger charge is -2.41. The smallest absolute Gasteiger partial charge is 0.164 e. The Morgan fingerprint density at radius 2 is 1.79 bits per heavy atom. The molecule has 0 atom stereocenters. The summed E-state index contributed by atoms with van der Waals surface area (Å²) in [6.07, 6.45) is 4.91. The van der Waals surface area contributed by atoms with Gasteiger partial charge < -0.3 is 25.0 Å². The number of aryl methyl sites for hydroxylation is 1. The molecule has 2 fully saturated rings. The fourth-order valence-electron chi connectivity index (χ4n) is 5.97. The van der Waals surface area contributed by atoms with E-state index in [9.17, 15) is 5.11 Å². The second-order valence-corrected chi connectivity index (χ2v) is 10.9. The molecule has 1 saturated carbocycles. The Bertz CT molecular complexity index is 1390. The molecule has 2 aromatic heterocycles. The summed E-state index contributed by atoms with van der Waals surface area (Å²) in [5, 5.41) is 10.8. The number of nitrogens with two attached hydrogens (primary N) is 1. The molecule has 0 unspecified atom stereocenters. The molecule has 7 nitrogen and oxygen atoms in total. The van der Waals surface area contributed by atoms with Crippen LogP contribution in [0.1, 0.15) is 49.9 Å². The summed E-state index contributed by atoms with van der Waals surface area (Å²) in [6.45, 7) is 5.85. The third-order valence-corrected chi connectivity index (χ3v) is 8.16. The number of nitrogens with zero attached hydrogens (tertiary/aromatic N) is 4. The maximum absolute atomic E-state index is 9.81. The molecule has 2 aliphatic rings. The predicted octanol–water partition coefficient (Wildman–Crippen LogP) is 5.23. The molecule has 2 aromatic carbocycles. The van der Waals surface area contributed by atoms with Crippen molar-refractivity contribution in [1.29, 1.82) is 0 Å². The average molecular weight is 512 g/mol. The van der Waals surface area contributed by atoms with E-state index in [1.165, 1.54) is 5.69 Å². The summed E-state index contributed by atoms with van der Waals surface area (Å²) in [5.74, 6) is 2.63. The molecule has 0 radical (unpaired) electrons. The Labute approximate surface area is 224 Å². The molecular formula is C31H37N5O2. The third kappa shape index (κ3) is 5.13. The quantitative estimate of drug-likeness (QED) is 0.337. The van der Waals surface area contributed by atoms with Crippen molar-refractivity contribution in [2.45, 2.75) is 57.8 Å². The summed E-state index contributed by atoms with van der Waals surface area (Å²) in [6, 6.07) is 20.7. The first-order valence-corrected chi connectivity index (χ1v) is 13.9. The fraction of sp³-hybridized carbons (Fsp3) is 0.419. The monoisotopic (exact) mass is 511 g/mol. The molecule has 0 spiro atoms. The van der Waals surface area contributed by atoms with E-state index in [2.05, 4.69) is 34.6 Å². The van der Waals surface area contributed by atoms with Gasteiger partial charge in [0.05, 0.1) is 11.5 Å². The highest BCUT2D eigenvalue weighted by Crippen LogP contribution is 2.42. The lowest BCUT2D eigenvalue weighted by Crippen LogP contribution is -2.42. The number of fused-ring (bicyclic) bond motifs is 1. The first-order chi connectivity index (χ1) is 18.6. The summed E-state index contributed by atoms with van der Waals surface area (Å²) >= 11 is 0. The largest absolute Gasteiger partial charge is 0.489 e. The molecular weight excluding hydrogens is 474 g/mol. The molecule has 3 N–H and O–H groups in total. The van der Waals surface area contributed by atoms with E-state index >= 15 is 0 Å². The molecule has 0 bridgehead atoms. The fourth-order valence-corrected chi connectivity index (χ4v) is 5.97. The van der Waals surface area contributed by atoms with Gasteiger partial charge in [0.25, 0.3) is 0 Å². The number of aliphatic hydroxyl groups is 1. The van der Waals surface area contributed by atoms with Crippen LogP contribution in [0.15, 0.2) is 60.7 Å². The second-order valence-electron chi connectivity index (χ2n) is 10.9. The predicted molar refractivity (Wildman–Crippen MR) is 151 cm³/mol. The number of rotatable bonds is 8. The molecule has 1 aliphatic heterocycles. The minimum Gasteiger partial charge on any atom is -0.489 e. The van der Waals surface area contributed by atoms with E-state index in [4.69, 9.17) is 20.4 Å². The normalized spacial score (nSPS) is 20.5. The van der Waals surface area contributed by atoms with E-state index in [0.717, 1.165) is 79.6 Å². The average Bonchev–Trinajstić information content (AvgIpc) is 3.30. The zero-order chi connectivity index (χ0) is 26.1. The van der Waals surface area contributed by atoms with Crippen molar-refractivity contribution in [3.8, 4) is 17.1 Å². The molecule has 6 rings (SSSR count). The molecule has 38 heavy (non-hydrogen) atoms. The maximum atomic E-state index is 9.81. The highest BCUT2D eigenvalue weighted by molar-refractivity contribution is 5.89. The van der Waals surface area contributed by atoms with Gasteiger partial charge in [0.1, 0.15) is 23.8 Å². The number of hydrogen-bond acceptors (Lipinski definition) is 6. The Morgan fingerprint density at radius 3 is 2.55 bits per heavy atom. The molecule has 7 heteroatoms. The van der Waals surface area contributed by atoms with Crippen LogP contribution in [-0.4, -0.2) is 50.3 Å². The van der Waals surface area contributed by atoms with Crippen molar-refractivity contribution in [3.05, 3.63) is 71.9 Å². The number of anilines is 1. The zero-order valence-electron chi connectivity index (χ0n) is 22.1. The van der Waals surface area contributed by atoms with Gasteiger partial charge >= 0.3 is 0 Å². The first kappa shape index (κ1) is 24.9. The van der Waals surface area contributed by atoms with Gasteiger partial charge in [-0.15, -0.1) is 0 Å². The number of hydrogen-bond donors (Lipinski definition) is 2. The minimum absolute atomic E-state index is 0.116. The van der Waals surface area contributed by atoms with Gasteiger partial charge in [-0.1, -0.05) is 49.4 Å². The molecule has 0 amide bonds. The Hall–Kier alpha value is -3.42. The molecule has 1 saturated heterocycles. The maximum Gasteiger partial charge on any atom is 0.164 e. The first-order valence-electron chi connectivity index (χ1n) is 13.9. The molecule has 198 valence electrons. The van der Waals surface area contributed by atoms with Crippen LogP contribution < -0.4 is 10.5 Å². The van der Waals surface area contributed by atoms with Crippen LogP contribution in [0.3, 0.4) is 0 Å². The van der Waals surface area contributed by atoms with Gasteiger partial charge in [-0.3, -0.25) is 0 Å². The van der Waals surface area contributed by atoms with Crippen molar-refractivity contribution in [2.24, 2.45) is 5.92 Å². The van der Waals surface area contributed by atoms with Gasteiger partial charge in [-0.25, -0.2) is 9.97 Å². The van der Waals surface area contributed by atoms with Gasteiger partial charge in [0.2, 0.25) is 0 Å². The van der Waals surface area contributed by atoms with Crippen molar-refractivity contribution >= 4 is 16.9 Å². The second kappa shape index (κ2) is 10.8. The number of benzene rings is 2. The lowest BCUT2D eigenvalue weighted by molar-refractivity contribution is 0.0566. The van der Waals surface area contributed by atoms with Crippen LogP contribution in [-0.2, 0) is 13.0 Å². The van der Waals surface area contributed by atoms with Crippen molar-refractivity contribution in [3.63, 3.8) is 0 Å². The summed E-state index contributed by atoms with van der Waals surface area (Å²) in [5.41, 5.74) is 10.7. The van der Waals surface area contributed by atoms with Crippen molar-refractivity contribution in [2.75, 3.05) is 25.4 Å². The summed E-state index contributed by atoms with van der Waals surface area (Å²) < 4.78 is 8.47. The number of likely N-dealkylation sites (tertiary alicyclic amines) is 1. The van der Waals surface area contributed by atoms with E-state index < -0.39 is 0 Å². The highest BCUT2D eigenvalue weighted by Gasteiger charge is 2.34. The van der Waals surface area contributed by atoms with E-state index in [0.29, 0.717) is 30.2 Å². The SMILES string of the molecule is CCc1cc2c(N)nc(-c3cccc(OCc4ccccc4)c3)nc2n1C1CC(CN2CCC(O)CC2)C1. The zero-order valence-corrected chi connectivity index (χ0v) is 22.1.